The van der Waals surface area contributed by atoms with Crippen molar-refractivity contribution < 1.29 is 34.0 Å². The topological polar surface area (TPSA) is 102 Å². The average molecular weight is 368 g/mol. The third-order valence-corrected chi connectivity index (χ3v) is 6.03. The van der Waals surface area contributed by atoms with Gasteiger partial charge in [-0.3, -0.25) is 4.79 Å². The van der Waals surface area contributed by atoms with Crippen LogP contribution in [-0.4, -0.2) is 51.9 Å². The molecule has 3 fully saturated rings. The van der Waals surface area contributed by atoms with Crippen LogP contribution in [0.1, 0.15) is 47.0 Å². The molecule has 0 aromatic carbocycles. The smallest absolute Gasteiger partial charge is 0.334 e. The SMILES string of the molecule is C=C1C(=O)OC2CC(C)C3(O)CC(O)C(C)(CC(OC(=O)C(C)C)C12)O3. The predicted molar refractivity (Wildman–Crippen MR) is 90.7 cm³/mol. The van der Waals surface area contributed by atoms with E-state index < -0.39 is 47.6 Å². The second kappa shape index (κ2) is 6.32. The molecule has 7 nitrogen and oxygen atoms in total. The normalized spacial score (nSPS) is 45.6. The van der Waals surface area contributed by atoms with Crippen molar-refractivity contribution in [2.45, 2.75) is 76.7 Å². The minimum absolute atomic E-state index is 0.0573. The number of hydrogen-bond acceptors (Lipinski definition) is 7. The second-order valence-electron chi connectivity index (χ2n) is 8.45. The molecule has 2 N–H and O–H groups in total. The van der Waals surface area contributed by atoms with Crippen LogP contribution in [0.3, 0.4) is 0 Å². The first-order valence-corrected chi connectivity index (χ1v) is 9.18. The lowest BCUT2D eigenvalue weighted by Gasteiger charge is -2.34. The van der Waals surface area contributed by atoms with E-state index >= 15 is 0 Å². The van der Waals surface area contributed by atoms with E-state index in [1.165, 1.54) is 0 Å². The molecule has 3 saturated heterocycles. The van der Waals surface area contributed by atoms with Crippen molar-refractivity contribution in [3.05, 3.63) is 12.2 Å². The van der Waals surface area contributed by atoms with Crippen molar-refractivity contribution in [3.8, 4) is 0 Å². The summed E-state index contributed by atoms with van der Waals surface area (Å²) in [6.07, 6.45) is -1.69. The lowest BCUT2D eigenvalue weighted by molar-refractivity contribution is -0.253. The highest BCUT2D eigenvalue weighted by Crippen LogP contribution is 2.49. The number of carbonyl (C=O) groups is 2. The van der Waals surface area contributed by atoms with Gasteiger partial charge in [-0.25, -0.2) is 4.79 Å². The molecule has 3 aliphatic heterocycles. The summed E-state index contributed by atoms with van der Waals surface area (Å²) in [7, 11) is 0. The third-order valence-electron chi connectivity index (χ3n) is 6.03. The number of esters is 2. The van der Waals surface area contributed by atoms with Crippen LogP contribution in [0.5, 0.6) is 0 Å². The zero-order valence-electron chi connectivity index (χ0n) is 15.7. The highest BCUT2D eigenvalue weighted by Gasteiger charge is 2.60. The van der Waals surface area contributed by atoms with Gasteiger partial charge in [0.15, 0.2) is 5.79 Å². The van der Waals surface area contributed by atoms with Gasteiger partial charge in [0.2, 0.25) is 0 Å². The summed E-state index contributed by atoms with van der Waals surface area (Å²) in [4.78, 5) is 24.4. The van der Waals surface area contributed by atoms with E-state index in [-0.39, 0.29) is 30.3 Å². The third kappa shape index (κ3) is 3.06. The van der Waals surface area contributed by atoms with Crippen molar-refractivity contribution in [2.24, 2.45) is 17.8 Å². The first-order chi connectivity index (χ1) is 12.0. The summed E-state index contributed by atoms with van der Waals surface area (Å²) in [5.41, 5.74) is -0.849. The van der Waals surface area contributed by atoms with Gasteiger partial charge in [0.05, 0.1) is 23.5 Å². The molecule has 26 heavy (non-hydrogen) atoms. The first kappa shape index (κ1) is 19.3. The number of aliphatic hydroxyl groups is 2. The van der Waals surface area contributed by atoms with Gasteiger partial charge in [-0.05, 0) is 13.3 Å². The molecule has 7 unspecified atom stereocenters. The van der Waals surface area contributed by atoms with Crippen molar-refractivity contribution in [1.29, 1.82) is 0 Å². The van der Waals surface area contributed by atoms with Gasteiger partial charge in [0.25, 0.3) is 0 Å². The zero-order valence-corrected chi connectivity index (χ0v) is 15.7. The van der Waals surface area contributed by atoms with E-state index in [0.717, 1.165) is 0 Å². The molecule has 0 aromatic heterocycles. The van der Waals surface area contributed by atoms with E-state index in [1.807, 2.05) is 0 Å². The van der Waals surface area contributed by atoms with Crippen LogP contribution in [0.15, 0.2) is 12.2 Å². The van der Waals surface area contributed by atoms with Gasteiger partial charge >= 0.3 is 11.9 Å². The minimum Gasteiger partial charge on any atom is -0.461 e. The van der Waals surface area contributed by atoms with Gasteiger partial charge in [-0.15, -0.1) is 0 Å². The lowest BCUT2D eigenvalue weighted by atomic mass is 9.78. The molecular formula is C19H28O7. The number of ether oxygens (including phenoxy) is 3. The van der Waals surface area contributed by atoms with E-state index in [2.05, 4.69) is 6.58 Å². The van der Waals surface area contributed by atoms with Crippen LogP contribution in [0.4, 0.5) is 0 Å². The summed E-state index contributed by atoms with van der Waals surface area (Å²) >= 11 is 0. The average Bonchev–Trinajstić information content (AvgIpc) is 2.93. The van der Waals surface area contributed by atoms with Gasteiger partial charge < -0.3 is 24.4 Å². The van der Waals surface area contributed by atoms with Crippen LogP contribution in [0, 0.1) is 17.8 Å². The summed E-state index contributed by atoms with van der Waals surface area (Å²) in [5.74, 6) is -3.69. The maximum Gasteiger partial charge on any atom is 0.334 e. The van der Waals surface area contributed by atoms with Crippen molar-refractivity contribution >= 4 is 11.9 Å². The number of carbonyl (C=O) groups excluding carboxylic acids is 2. The first-order valence-electron chi connectivity index (χ1n) is 9.18. The van der Waals surface area contributed by atoms with Crippen molar-refractivity contribution in [2.75, 3.05) is 0 Å². The van der Waals surface area contributed by atoms with Crippen molar-refractivity contribution in [1.82, 2.24) is 0 Å². The Morgan fingerprint density at radius 1 is 1.38 bits per heavy atom. The van der Waals surface area contributed by atoms with E-state index in [1.54, 1.807) is 27.7 Å². The van der Waals surface area contributed by atoms with Crippen LogP contribution >= 0.6 is 0 Å². The monoisotopic (exact) mass is 368 g/mol. The Balaban J connectivity index is 2.01. The predicted octanol–water partition coefficient (Wildman–Crippen LogP) is 1.31. The Morgan fingerprint density at radius 3 is 2.65 bits per heavy atom. The molecule has 0 aromatic rings. The maximum atomic E-state index is 12.3. The molecule has 3 rings (SSSR count). The molecule has 0 radical (unpaired) electrons. The fourth-order valence-corrected chi connectivity index (χ4v) is 4.25. The summed E-state index contributed by atoms with van der Waals surface area (Å²) < 4.78 is 17.1. The molecule has 3 heterocycles. The molecule has 7 atom stereocenters. The molecule has 0 saturated carbocycles. The highest BCUT2D eigenvalue weighted by molar-refractivity contribution is 5.91. The van der Waals surface area contributed by atoms with Gasteiger partial charge in [-0.2, -0.15) is 0 Å². The van der Waals surface area contributed by atoms with E-state index in [4.69, 9.17) is 14.2 Å². The summed E-state index contributed by atoms with van der Waals surface area (Å²) in [6, 6.07) is 0. The maximum absolute atomic E-state index is 12.3. The van der Waals surface area contributed by atoms with E-state index in [0.29, 0.717) is 6.42 Å². The number of aliphatic hydroxyl groups excluding tert-OH is 1. The zero-order chi connectivity index (χ0) is 19.4. The van der Waals surface area contributed by atoms with Gasteiger partial charge in [0.1, 0.15) is 12.2 Å². The van der Waals surface area contributed by atoms with Gasteiger partial charge in [-0.1, -0.05) is 27.4 Å². The van der Waals surface area contributed by atoms with Crippen LogP contribution < -0.4 is 0 Å². The lowest BCUT2D eigenvalue weighted by Crippen LogP contribution is -2.44. The Labute approximate surface area is 153 Å². The van der Waals surface area contributed by atoms with E-state index in [9.17, 15) is 19.8 Å². The molecule has 3 aliphatic rings. The summed E-state index contributed by atoms with van der Waals surface area (Å²) in [5, 5.41) is 21.5. The molecular weight excluding hydrogens is 340 g/mol. The molecule has 2 bridgehead atoms. The Kier molecular flexibility index (Phi) is 4.70. The highest BCUT2D eigenvalue weighted by atomic mass is 16.7. The quantitative estimate of drug-likeness (QED) is 0.560. The Bertz CT molecular complexity index is 629. The second-order valence-corrected chi connectivity index (χ2v) is 8.45. The minimum atomic E-state index is -1.52. The van der Waals surface area contributed by atoms with Crippen LogP contribution in [-0.2, 0) is 23.8 Å². The van der Waals surface area contributed by atoms with Crippen LogP contribution in [0.25, 0.3) is 0 Å². The molecule has 0 spiro atoms. The fraction of sp³-hybridized carbons (Fsp3) is 0.789. The largest absolute Gasteiger partial charge is 0.461 e. The Hall–Kier alpha value is -1.44. The standard InChI is InChI=1S/C19H28O7/c1-9(2)16(21)25-13-7-18(5)14(20)8-19(23,26-18)10(3)6-12-15(13)11(4)17(22)24-12/h9-10,12-15,20,23H,4,6-8H2,1-3,5H3. The number of fused-ring (bicyclic) bond motifs is 3. The van der Waals surface area contributed by atoms with Gasteiger partial charge in [0, 0.05) is 24.3 Å². The molecule has 146 valence electrons. The molecule has 0 aliphatic carbocycles. The number of rotatable bonds is 2. The Morgan fingerprint density at radius 2 is 2.04 bits per heavy atom. The van der Waals surface area contributed by atoms with Crippen LogP contribution in [0.2, 0.25) is 0 Å². The molecule has 7 heteroatoms. The number of hydrogen-bond donors (Lipinski definition) is 2. The summed E-state index contributed by atoms with van der Waals surface area (Å²) in [6.45, 7) is 10.8. The fourth-order valence-electron chi connectivity index (χ4n) is 4.25. The van der Waals surface area contributed by atoms with Crippen molar-refractivity contribution in [3.63, 3.8) is 0 Å². The molecule has 0 amide bonds.